The second kappa shape index (κ2) is 6.00. The number of benzene rings is 1. The van der Waals surface area contributed by atoms with Crippen LogP contribution in [0.25, 0.3) is 0 Å². The molecule has 1 atom stereocenters. The fourth-order valence-electron chi connectivity index (χ4n) is 1.41. The van der Waals surface area contributed by atoms with Gasteiger partial charge in [-0.15, -0.1) is 0 Å². The summed E-state index contributed by atoms with van der Waals surface area (Å²) in [4.78, 5) is 0. The van der Waals surface area contributed by atoms with Crippen LogP contribution in [0, 0.1) is 34.6 Å². The van der Waals surface area contributed by atoms with Gasteiger partial charge in [-0.1, -0.05) is 6.07 Å². The highest BCUT2D eigenvalue weighted by Crippen LogP contribution is 2.19. The molecule has 0 aliphatic heterocycles. The van der Waals surface area contributed by atoms with E-state index >= 15 is 0 Å². The van der Waals surface area contributed by atoms with Crippen molar-refractivity contribution in [2.75, 3.05) is 0 Å². The van der Waals surface area contributed by atoms with Gasteiger partial charge in [0.05, 0.1) is 0 Å². The Balaban J connectivity index is 0.000000423. The highest BCUT2D eigenvalue weighted by atomic mass is 32.2. The molecular formula is C11H18NO2S-. The third kappa shape index (κ3) is 4.55. The molecule has 0 heterocycles. The maximum Gasteiger partial charge on any atom is 0.0152 e. The monoisotopic (exact) mass is 228 g/mol. The summed E-state index contributed by atoms with van der Waals surface area (Å²) in [7, 11) is 0. The molecule has 0 saturated carbocycles. The molecule has 1 aromatic carbocycles. The van der Waals surface area contributed by atoms with Gasteiger partial charge in [-0.3, -0.25) is 9.35 Å². The van der Waals surface area contributed by atoms with Crippen LogP contribution in [0.4, 0.5) is 0 Å². The van der Waals surface area contributed by atoms with E-state index < -0.39 is 11.3 Å². The molecule has 1 unspecified atom stereocenters. The minimum absolute atomic E-state index is 1.41. The molecule has 4 heteroatoms. The van der Waals surface area contributed by atoms with Crippen LogP contribution in [-0.2, 0) is 11.3 Å². The first-order valence-electron chi connectivity index (χ1n) is 4.65. The number of hydrogen-bond donors (Lipinski definition) is 1. The maximum absolute atomic E-state index is 8.78. The van der Waals surface area contributed by atoms with Gasteiger partial charge in [-0.2, -0.15) is 0 Å². The van der Waals surface area contributed by atoms with Crippen LogP contribution >= 0.6 is 0 Å². The van der Waals surface area contributed by atoms with Crippen molar-refractivity contribution in [2.24, 2.45) is 5.14 Å². The zero-order valence-electron chi connectivity index (χ0n) is 9.88. The molecule has 0 radical (unpaired) electrons. The lowest BCUT2D eigenvalue weighted by atomic mass is 9.96. The van der Waals surface area contributed by atoms with Crippen molar-refractivity contribution in [3.63, 3.8) is 0 Å². The Morgan fingerprint density at radius 2 is 1.27 bits per heavy atom. The van der Waals surface area contributed by atoms with E-state index in [1.165, 1.54) is 27.8 Å². The number of rotatable bonds is 0. The van der Waals surface area contributed by atoms with Gasteiger partial charge >= 0.3 is 0 Å². The van der Waals surface area contributed by atoms with Crippen LogP contribution in [0.15, 0.2) is 6.07 Å². The fraction of sp³-hybridized carbons (Fsp3) is 0.455. The molecule has 0 aliphatic carbocycles. The number of nitrogens with two attached hydrogens (primary N) is 1. The molecule has 0 aliphatic rings. The second-order valence-corrected chi connectivity index (χ2v) is 4.17. The molecule has 0 amide bonds. The topological polar surface area (TPSA) is 66.2 Å². The Bertz CT molecular complexity index is 345. The SMILES string of the molecule is Cc1cc(C)c(C)c(C)c1C.NS(=O)[O-]. The maximum atomic E-state index is 8.78. The zero-order chi connectivity index (χ0) is 12.2. The van der Waals surface area contributed by atoms with Gasteiger partial charge in [0.25, 0.3) is 0 Å². The first-order valence-corrected chi connectivity index (χ1v) is 5.78. The highest BCUT2D eigenvalue weighted by Gasteiger charge is 2.02. The van der Waals surface area contributed by atoms with Gasteiger partial charge in [0.1, 0.15) is 0 Å². The van der Waals surface area contributed by atoms with Gasteiger partial charge in [0, 0.05) is 11.3 Å². The first kappa shape index (κ1) is 14.3. The molecule has 0 saturated heterocycles. The summed E-state index contributed by atoms with van der Waals surface area (Å²) < 4.78 is 17.6. The molecule has 15 heavy (non-hydrogen) atoms. The Morgan fingerprint density at radius 1 is 1.00 bits per heavy atom. The zero-order valence-corrected chi connectivity index (χ0v) is 10.7. The Kier molecular flexibility index (Phi) is 5.72. The van der Waals surface area contributed by atoms with Crippen molar-refractivity contribution < 1.29 is 8.76 Å². The van der Waals surface area contributed by atoms with Crippen molar-refractivity contribution in [1.29, 1.82) is 0 Å². The average molecular weight is 228 g/mol. The summed E-state index contributed by atoms with van der Waals surface area (Å²) in [5.74, 6) is 0. The smallest absolute Gasteiger partial charge is 0.0152 e. The molecule has 0 fully saturated rings. The van der Waals surface area contributed by atoms with E-state index in [-0.39, 0.29) is 0 Å². The molecule has 1 rings (SSSR count). The van der Waals surface area contributed by atoms with Crippen molar-refractivity contribution in [1.82, 2.24) is 0 Å². The van der Waals surface area contributed by atoms with Gasteiger partial charge in [0.2, 0.25) is 0 Å². The minimum Gasteiger partial charge on any atom is -0.760 e. The number of aryl methyl sites for hydroxylation is 2. The predicted molar refractivity (Wildman–Crippen MR) is 63.2 cm³/mol. The van der Waals surface area contributed by atoms with Crippen LogP contribution in [0.1, 0.15) is 27.8 Å². The lowest BCUT2D eigenvalue weighted by Gasteiger charge is -2.10. The van der Waals surface area contributed by atoms with Crippen LogP contribution in [-0.4, -0.2) is 8.76 Å². The standard InChI is InChI=1S/C11H16.H3NO2S/c1-7-6-8(2)10(4)11(5)9(7)3;1-4(2)3/h6H,1-5H3;1H2,(H,2,3)/p-1. The summed E-state index contributed by atoms with van der Waals surface area (Å²) >= 11 is -2.36. The van der Waals surface area contributed by atoms with Crippen LogP contribution in [0.3, 0.4) is 0 Å². The molecule has 0 aromatic heterocycles. The first-order chi connectivity index (χ1) is 6.77. The summed E-state index contributed by atoms with van der Waals surface area (Å²) in [6, 6.07) is 2.26. The van der Waals surface area contributed by atoms with E-state index in [9.17, 15) is 0 Å². The lowest BCUT2D eigenvalue weighted by molar-refractivity contribution is 0.539. The largest absolute Gasteiger partial charge is 0.760 e. The molecule has 3 nitrogen and oxygen atoms in total. The van der Waals surface area contributed by atoms with Crippen LogP contribution < -0.4 is 5.14 Å². The lowest BCUT2D eigenvalue weighted by Crippen LogP contribution is -1.97. The average Bonchev–Trinajstić information content (AvgIpc) is 2.11. The Hall–Kier alpha value is -0.710. The molecule has 1 aromatic rings. The van der Waals surface area contributed by atoms with Gasteiger partial charge in [-0.05, 0) is 62.4 Å². The highest BCUT2D eigenvalue weighted by molar-refractivity contribution is 7.76. The van der Waals surface area contributed by atoms with Crippen LogP contribution in [0.5, 0.6) is 0 Å². The normalized spacial score (nSPS) is 11.7. The Morgan fingerprint density at radius 3 is 1.53 bits per heavy atom. The second-order valence-electron chi connectivity index (χ2n) is 3.65. The van der Waals surface area contributed by atoms with Gasteiger partial charge in [0.15, 0.2) is 0 Å². The van der Waals surface area contributed by atoms with Gasteiger partial charge < -0.3 is 4.55 Å². The van der Waals surface area contributed by atoms with Crippen molar-refractivity contribution in [3.05, 3.63) is 33.9 Å². The third-order valence-corrected chi connectivity index (χ3v) is 2.74. The summed E-state index contributed by atoms with van der Waals surface area (Å²) in [6.07, 6.45) is 0. The van der Waals surface area contributed by atoms with E-state index in [1.54, 1.807) is 0 Å². The van der Waals surface area contributed by atoms with E-state index in [0.29, 0.717) is 0 Å². The quantitative estimate of drug-likeness (QED) is 0.690. The molecule has 2 N–H and O–H groups in total. The van der Waals surface area contributed by atoms with Crippen LogP contribution in [0.2, 0.25) is 0 Å². The minimum atomic E-state index is -2.36. The number of hydrogen-bond acceptors (Lipinski definition) is 2. The molecule has 0 spiro atoms. The molecule has 86 valence electrons. The summed E-state index contributed by atoms with van der Waals surface area (Å²) in [6.45, 7) is 10.9. The fourth-order valence-corrected chi connectivity index (χ4v) is 1.41. The molecular weight excluding hydrogens is 210 g/mol. The summed E-state index contributed by atoms with van der Waals surface area (Å²) in [5.41, 5.74) is 7.14. The van der Waals surface area contributed by atoms with E-state index in [1.807, 2.05) is 0 Å². The third-order valence-electron chi connectivity index (χ3n) is 2.74. The van der Waals surface area contributed by atoms with Gasteiger partial charge in [-0.25, -0.2) is 0 Å². The molecule has 0 bridgehead atoms. The predicted octanol–water partition coefficient (Wildman–Crippen LogP) is 1.97. The van der Waals surface area contributed by atoms with E-state index in [0.717, 1.165) is 0 Å². The van der Waals surface area contributed by atoms with Crippen molar-refractivity contribution >= 4 is 11.3 Å². The van der Waals surface area contributed by atoms with Crippen molar-refractivity contribution in [2.45, 2.75) is 34.6 Å². The summed E-state index contributed by atoms with van der Waals surface area (Å²) in [5, 5.41) is 4.03. The van der Waals surface area contributed by atoms with E-state index in [2.05, 4.69) is 45.8 Å². The Labute approximate surface area is 94.1 Å². The van der Waals surface area contributed by atoms with Crippen molar-refractivity contribution in [3.8, 4) is 0 Å². The van der Waals surface area contributed by atoms with E-state index in [4.69, 9.17) is 8.76 Å².